The van der Waals surface area contributed by atoms with Crippen LogP contribution < -0.4 is 4.74 Å². The zero-order chi connectivity index (χ0) is 15.8. The molecule has 0 aliphatic carbocycles. The molecule has 4 nitrogen and oxygen atoms in total. The van der Waals surface area contributed by atoms with Crippen LogP contribution in [0.15, 0.2) is 42.6 Å². The topological polar surface area (TPSA) is 34.0 Å². The minimum absolute atomic E-state index is 0.147. The van der Waals surface area contributed by atoms with E-state index in [1.165, 1.54) is 6.42 Å². The summed E-state index contributed by atoms with van der Waals surface area (Å²) in [6.45, 7) is 1.72. The molecule has 4 heteroatoms. The van der Waals surface area contributed by atoms with Gasteiger partial charge in [0.25, 0.3) is 5.91 Å². The van der Waals surface area contributed by atoms with Crippen LogP contribution in [0.25, 0.3) is 16.4 Å². The molecule has 0 N–H and O–H groups in total. The highest BCUT2D eigenvalue weighted by Crippen LogP contribution is 2.31. The number of aromatic nitrogens is 1. The molecule has 1 amide bonds. The van der Waals surface area contributed by atoms with Gasteiger partial charge in [-0.1, -0.05) is 6.07 Å². The van der Waals surface area contributed by atoms with Crippen LogP contribution in [0.3, 0.4) is 0 Å². The van der Waals surface area contributed by atoms with Crippen LogP contribution in [-0.2, 0) is 0 Å². The first kappa shape index (κ1) is 14.1. The number of fused-ring (bicyclic) bond motifs is 3. The van der Waals surface area contributed by atoms with Crippen molar-refractivity contribution in [1.82, 2.24) is 9.30 Å². The van der Waals surface area contributed by atoms with Gasteiger partial charge in [-0.05, 0) is 43.5 Å². The Morgan fingerprint density at radius 1 is 1.04 bits per heavy atom. The Morgan fingerprint density at radius 2 is 1.87 bits per heavy atom. The van der Waals surface area contributed by atoms with Crippen LogP contribution in [0.4, 0.5) is 0 Å². The van der Waals surface area contributed by atoms with Crippen molar-refractivity contribution >= 4 is 22.3 Å². The third kappa shape index (κ3) is 2.25. The number of carbonyl (C=O) groups is 1. The molecule has 1 saturated heterocycles. The molecule has 1 aliphatic heterocycles. The van der Waals surface area contributed by atoms with E-state index in [-0.39, 0.29) is 5.91 Å². The second-order valence-corrected chi connectivity index (χ2v) is 6.07. The van der Waals surface area contributed by atoms with Crippen LogP contribution in [0.5, 0.6) is 5.75 Å². The highest BCUT2D eigenvalue weighted by Gasteiger charge is 2.24. The molecule has 0 bridgehead atoms. The summed E-state index contributed by atoms with van der Waals surface area (Å²) in [5.74, 6) is 0.950. The molecule has 0 spiro atoms. The van der Waals surface area contributed by atoms with Crippen molar-refractivity contribution in [1.29, 1.82) is 0 Å². The van der Waals surface area contributed by atoms with Crippen molar-refractivity contribution in [2.45, 2.75) is 19.3 Å². The highest BCUT2D eigenvalue weighted by atomic mass is 16.5. The number of ether oxygens (including phenoxy) is 1. The Hall–Kier alpha value is -2.49. The van der Waals surface area contributed by atoms with Gasteiger partial charge in [0.1, 0.15) is 5.75 Å². The monoisotopic (exact) mass is 308 g/mol. The number of rotatable bonds is 2. The Bertz CT molecular complexity index is 876. The second-order valence-electron chi connectivity index (χ2n) is 6.07. The van der Waals surface area contributed by atoms with Crippen molar-refractivity contribution in [3.05, 3.63) is 48.2 Å². The maximum absolute atomic E-state index is 13.1. The van der Waals surface area contributed by atoms with Crippen molar-refractivity contribution in [2.75, 3.05) is 20.2 Å². The van der Waals surface area contributed by atoms with Crippen LogP contribution in [0, 0.1) is 0 Å². The summed E-state index contributed by atoms with van der Waals surface area (Å²) in [6.07, 6.45) is 5.43. The molecule has 0 unspecified atom stereocenters. The Morgan fingerprint density at radius 3 is 2.65 bits per heavy atom. The van der Waals surface area contributed by atoms with Gasteiger partial charge in [0.2, 0.25) is 0 Å². The van der Waals surface area contributed by atoms with E-state index >= 15 is 0 Å². The first-order valence-electron chi connectivity index (χ1n) is 8.15. The smallest absolute Gasteiger partial charge is 0.256 e. The largest absolute Gasteiger partial charge is 0.497 e. The third-order valence-electron chi connectivity index (χ3n) is 4.71. The Balaban J connectivity index is 1.94. The van der Waals surface area contributed by atoms with E-state index < -0.39 is 0 Å². The average molecular weight is 308 g/mol. The van der Waals surface area contributed by atoms with E-state index in [9.17, 15) is 4.79 Å². The molecule has 0 saturated carbocycles. The fourth-order valence-corrected chi connectivity index (χ4v) is 3.52. The second kappa shape index (κ2) is 5.61. The normalized spacial score (nSPS) is 15.3. The van der Waals surface area contributed by atoms with E-state index in [4.69, 9.17) is 4.74 Å². The van der Waals surface area contributed by atoms with Crippen molar-refractivity contribution < 1.29 is 9.53 Å². The van der Waals surface area contributed by atoms with Gasteiger partial charge in [-0.15, -0.1) is 0 Å². The molecule has 118 valence electrons. The fraction of sp³-hybridized carbons (Fsp3) is 0.316. The number of piperidine rings is 1. The van der Waals surface area contributed by atoms with Crippen LogP contribution >= 0.6 is 0 Å². The number of amides is 1. The number of methoxy groups -OCH3 is 1. The molecule has 0 radical (unpaired) electrons. The molecule has 1 aliphatic rings. The quantitative estimate of drug-likeness (QED) is 0.723. The van der Waals surface area contributed by atoms with Gasteiger partial charge < -0.3 is 14.0 Å². The van der Waals surface area contributed by atoms with Gasteiger partial charge in [-0.3, -0.25) is 4.79 Å². The SMILES string of the molecule is COc1ccc2c(C(=O)N3CCCCC3)c3ccccn3c2c1. The predicted molar refractivity (Wildman–Crippen MR) is 91.2 cm³/mol. The van der Waals surface area contributed by atoms with Gasteiger partial charge in [0.15, 0.2) is 0 Å². The minimum Gasteiger partial charge on any atom is -0.497 e. The number of likely N-dealkylation sites (tertiary alicyclic amines) is 1. The summed E-state index contributed by atoms with van der Waals surface area (Å²) in [4.78, 5) is 15.1. The van der Waals surface area contributed by atoms with Crippen LogP contribution in [0.2, 0.25) is 0 Å². The molecular formula is C19H20N2O2. The molecule has 1 fully saturated rings. The van der Waals surface area contributed by atoms with E-state index in [0.29, 0.717) is 0 Å². The van der Waals surface area contributed by atoms with Crippen molar-refractivity contribution in [3.63, 3.8) is 0 Å². The van der Waals surface area contributed by atoms with E-state index in [1.807, 2.05) is 47.5 Å². The lowest BCUT2D eigenvalue weighted by Crippen LogP contribution is -2.35. The molecular weight excluding hydrogens is 288 g/mol. The van der Waals surface area contributed by atoms with Gasteiger partial charge in [-0.25, -0.2) is 0 Å². The molecule has 0 atom stereocenters. The van der Waals surface area contributed by atoms with Gasteiger partial charge in [0, 0.05) is 30.7 Å². The summed E-state index contributed by atoms with van der Waals surface area (Å²) in [6, 6.07) is 11.9. The molecule has 3 aromatic rings. The Kier molecular flexibility index (Phi) is 3.45. The molecule has 1 aromatic carbocycles. The van der Waals surface area contributed by atoms with Gasteiger partial charge in [0.05, 0.1) is 23.7 Å². The van der Waals surface area contributed by atoms with E-state index in [1.54, 1.807) is 7.11 Å². The fourth-order valence-electron chi connectivity index (χ4n) is 3.52. The number of nitrogens with zero attached hydrogens (tertiary/aromatic N) is 2. The maximum Gasteiger partial charge on any atom is 0.256 e. The highest BCUT2D eigenvalue weighted by molar-refractivity contribution is 6.14. The first-order chi connectivity index (χ1) is 11.3. The number of hydrogen-bond donors (Lipinski definition) is 0. The summed E-state index contributed by atoms with van der Waals surface area (Å²) < 4.78 is 7.43. The van der Waals surface area contributed by atoms with Crippen molar-refractivity contribution in [2.24, 2.45) is 0 Å². The molecule has 23 heavy (non-hydrogen) atoms. The standard InChI is InChI=1S/C19H20N2O2/c1-23-14-8-9-15-17(13-14)21-12-6-3-7-16(21)18(15)19(22)20-10-4-2-5-11-20/h3,6-9,12-13H,2,4-5,10-11H2,1H3. The average Bonchev–Trinajstić information content (AvgIpc) is 2.95. The number of hydrogen-bond acceptors (Lipinski definition) is 2. The molecule has 3 heterocycles. The van der Waals surface area contributed by atoms with E-state index in [2.05, 4.69) is 4.40 Å². The van der Waals surface area contributed by atoms with Crippen molar-refractivity contribution in [3.8, 4) is 5.75 Å². The first-order valence-corrected chi connectivity index (χ1v) is 8.15. The lowest BCUT2D eigenvalue weighted by atomic mass is 10.1. The lowest BCUT2D eigenvalue weighted by Gasteiger charge is -2.26. The minimum atomic E-state index is 0.147. The number of carbonyl (C=O) groups excluding carboxylic acids is 1. The lowest BCUT2D eigenvalue weighted by molar-refractivity contribution is 0.0728. The summed E-state index contributed by atoms with van der Waals surface area (Å²) in [5, 5.41) is 0.993. The number of benzene rings is 1. The van der Waals surface area contributed by atoms with Crippen LogP contribution in [-0.4, -0.2) is 35.4 Å². The predicted octanol–water partition coefficient (Wildman–Crippen LogP) is 3.73. The zero-order valence-electron chi connectivity index (χ0n) is 13.3. The molecule has 4 rings (SSSR count). The summed E-state index contributed by atoms with van der Waals surface area (Å²) in [7, 11) is 1.66. The molecule has 2 aromatic heterocycles. The summed E-state index contributed by atoms with van der Waals surface area (Å²) >= 11 is 0. The van der Waals surface area contributed by atoms with Gasteiger partial charge in [-0.2, -0.15) is 0 Å². The summed E-state index contributed by atoms with van der Waals surface area (Å²) in [5.41, 5.74) is 2.79. The third-order valence-corrected chi connectivity index (χ3v) is 4.71. The number of pyridine rings is 1. The zero-order valence-corrected chi connectivity index (χ0v) is 13.3. The Labute approximate surface area is 135 Å². The van der Waals surface area contributed by atoms with Gasteiger partial charge >= 0.3 is 0 Å². The van der Waals surface area contributed by atoms with Crippen LogP contribution in [0.1, 0.15) is 29.6 Å². The maximum atomic E-state index is 13.1. The van der Waals surface area contributed by atoms with E-state index in [0.717, 1.165) is 53.7 Å².